The summed E-state index contributed by atoms with van der Waals surface area (Å²) >= 11 is 0. The predicted octanol–water partition coefficient (Wildman–Crippen LogP) is 5.23. The number of allylic oxidation sites excluding steroid dienone is 2. The molecule has 0 saturated heterocycles. The molecule has 1 N–H and O–H groups in total. The summed E-state index contributed by atoms with van der Waals surface area (Å²) in [5.74, 6) is 1.27. The Hall–Kier alpha value is -2.56. The highest BCUT2D eigenvalue weighted by Crippen LogP contribution is 2.35. The average molecular weight is 388 g/mol. The van der Waals surface area contributed by atoms with Crippen LogP contribution in [0.15, 0.2) is 42.5 Å². The molecule has 1 aromatic carbocycles. The van der Waals surface area contributed by atoms with Crippen LogP contribution < -0.4 is 10.1 Å². The van der Waals surface area contributed by atoms with Gasteiger partial charge in [0.1, 0.15) is 12.4 Å². The van der Waals surface area contributed by atoms with Gasteiger partial charge in [-0.1, -0.05) is 65.8 Å². The van der Waals surface area contributed by atoms with Gasteiger partial charge in [-0.05, 0) is 41.0 Å². The SMILES string of the molecule is C=CC(=O)OCCNC(=O)Oc1ccc(C(=C(C(C)C)C(C)C)C(C)C)cc1. The first-order valence-electron chi connectivity index (χ1n) is 9.76. The lowest BCUT2D eigenvalue weighted by Crippen LogP contribution is -2.30. The van der Waals surface area contributed by atoms with Crippen molar-refractivity contribution >= 4 is 17.6 Å². The van der Waals surface area contributed by atoms with Crippen LogP contribution in [0.3, 0.4) is 0 Å². The Balaban J connectivity index is 2.81. The van der Waals surface area contributed by atoms with E-state index >= 15 is 0 Å². The number of ether oxygens (including phenoxy) is 2. The van der Waals surface area contributed by atoms with Gasteiger partial charge in [0.2, 0.25) is 0 Å². The van der Waals surface area contributed by atoms with E-state index in [1.54, 1.807) is 12.1 Å². The number of esters is 1. The molecule has 1 rings (SSSR count). The largest absolute Gasteiger partial charge is 0.461 e. The number of rotatable bonds is 9. The first-order valence-corrected chi connectivity index (χ1v) is 9.76. The van der Waals surface area contributed by atoms with E-state index in [1.807, 2.05) is 12.1 Å². The van der Waals surface area contributed by atoms with Crippen molar-refractivity contribution in [3.8, 4) is 5.75 Å². The van der Waals surface area contributed by atoms with E-state index in [0.29, 0.717) is 23.5 Å². The minimum atomic E-state index is -0.591. The molecule has 0 aliphatic carbocycles. The molecule has 5 nitrogen and oxygen atoms in total. The number of carbonyl (C=O) groups excluding carboxylic acids is 2. The van der Waals surface area contributed by atoms with Gasteiger partial charge in [0.05, 0.1) is 6.54 Å². The molecule has 0 aliphatic rings. The molecule has 1 amide bonds. The van der Waals surface area contributed by atoms with Crippen LogP contribution in [0, 0.1) is 17.8 Å². The molecular weight excluding hydrogens is 354 g/mol. The zero-order valence-electron chi connectivity index (χ0n) is 17.9. The fraction of sp³-hybridized carbons (Fsp3) is 0.478. The minimum Gasteiger partial charge on any atom is -0.461 e. The maximum Gasteiger partial charge on any atom is 0.412 e. The molecule has 0 radical (unpaired) electrons. The van der Waals surface area contributed by atoms with E-state index in [0.717, 1.165) is 11.6 Å². The van der Waals surface area contributed by atoms with Gasteiger partial charge in [-0.3, -0.25) is 0 Å². The number of carbonyl (C=O) groups is 2. The van der Waals surface area contributed by atoms with Crippen molar-refractivity contribution in [1.82, 2.24) is 5.32 Å². The number of nitrogens with one attached hydrogen (secondary N) is 1. The summed E-state index contributed by atoms with van der Waals surface area (Å²) in [4.78, 5) is 22.8. The molecule has 0 bridgehead atoms. The zero-order chi connectivity index (χ0) is 21.3. The Bertz CT molecular complexity index is 690. The fourth-order valence-corrected chi connectivity index (χ4v) is 3.33. The van der Waals surface area contributed by atoms with Crippen LogP contribution in [-0.4, -0.2) is 25.2 Å². The van der Waals surface area contributed by atoms with Crippen molar-refractivity contribution in [2.24, 2.45) is 17.8 Å². The average Bonchev–Trinajstić information content (AvgIpc) is 2.62. The predicted molar refractivity (Wildman–Crippen MR) is 113 cm³/mol. The van der Waals surface area contributed by atoms with Gasteiger partial charge in [-0.15, -0.1) is 0 Å². The van der Waals surface area contributed by atoms with Crippen LogP contribution in [0.5, 0.6) is 5.75 Å². The highest BCUT2D eigenvalue weighted by atomic mass is 16.6. The van der Waals surface area contributed by atoms with Gasteiger partial charge < -0.3 is 14.8 Å². The summed E-state index contributed by atoms with van der Waals surface area (Å²) in [7, 11) is 0. The van der Waals surface area contributed by atoms with Gasteiger partial charge in [0.25, 0.3) is 0 Å². The summed E-state index contributed by atoms with van der Waals surface area (Å²) in [5, 5.41) is 2.53. The highest BCUT2D eigenvalue weighted by molar-refractivity contribution is 5.81. The Morgan fingerprint density at radius 3 is 2.04 bits per heavy atom. The fourth-order valence-electron chi connectivity index (χ4n) is 3.33. The van der Waals surface area contributed by atoms with Crippen molar-refractivity contribution in [3.05, 3.63) is 48.1 Å². The lowest BCUT2D eigenvalue weighted by atomic mass is 9.81. The smallest absolute Gasteiger partial charge is 0.412 e. The van der Waals surface area contributed by atoms with Crippen molar-refractivity contribution in [2.45, 2.75) is 41.5 Å². The number of amides is 1. The van der Waals surface area contributed by atoms with Gasteiger partial charge in [0.15, 0.2) is 0 Å². The Morgan fingerprint density at radius 1 is 1.00 bits per heavy atom. The second-order valence-corrected chi connectivity index (χ2v) is 7.55. The molecular formula is C23H33NO4. The number of hydrogen-bond acceptors (Lipinski definition) is 4. The van der Waals surface area contributed by atoms with Gasteiger partial charge in [-0.2, -0.15) is 0 Å². The quantitative estimate of drug-likeness (QED) is 0.358. The first kappa shape index (κ1) is 23.5. The van der Waals surface area contributed by atoms with E-state index in [9.17, 15) is 9.59 Å². The second-order valence-electron chi connectivity index (χ2n) is 7.55. The van der Waals surface area contributed by atoms with E-state index in [1.165, 1.54) is 11.1 Å². The summed E-state index contributed by atoms with van der Waals surface area (Å²) in [6.45, 7) is 16.9. The third-order valence-corrected chi connectivity index (χ3v) is 4.29. The maximum atomic E-state index is 11.8. The topological polar surface area (TPSA) is 64.6 Å². The summed E-state index contributed by atoms with van der Waals surface area (Å²) in [6.07, 6.45) is 0.482. The lowest BCUT2D eigenvalue weighted by molar-refractivity contribution is -0.137. The second kappa shape index (κ2) is 11.3. The Labute approximate surface area is 168 Å². The molecule has 0 spiro atoms. The van der Waals surface area contributed by atoms with Crippen LogP contribution in [-0.2, 0) is 9.53 Å². The molecule has 0 aromatic heterocycles. The van der Waals surface area contributed by atoms with E-state index in [4.69, 9.17) is 9.47 Å². The third kappa shape index (κ3) is 7.22. The monoisotopic (exact) mass is 387 g/mol. The van der Waals surface area contributed by atoms with Crippen molar-refractivity contribution in [2.75, 3.05) is 13.2 Å². The highest BCUT2D eigenvalue weighted by Gasteiger charge is 2.18. The molecule has 154 valence electrons. The van der Waals surface area contributed by atoms with Crippen molar-refractivity contribution < 1.29 is 19.1 Å². The third-order valence-electron chi connectivity index (χ3n) is 4.29. The van der Waals surface area contributed by atoms with Crippen molar-refractivity contribution in [1.29, 1.82) is 0 Å². The maximum absolute atomic E-state index is 11.8. The molecule has 1 aromatic rings. The van der Waals surface area contributed by atoms with E-state index in [2.05, 4.69) is 53.4 Å². The van der Waals surface area contributed by atoms with Crippen LogP contribution in [0.2, 0.25) is 0 Å². The zero-order valence-corrected chi connectivity index (χ0v) is 17.9. The van der Waals surface area contributed by atoms with Gasteiger partial charge >= 0.3 is 12.1 Å². The lowest BCUT2D eigenvalue weighted by Gasteiger charge is -2.25. The summed E-state index contributed by atoms with van der Waals surface area (Å²) in [6, 6.07) is 7.59. The van der Waals surface area contributed by atoms with E-state index < -0.39 is 12.1 Å². The molecule has 5 heteroatoms. The molecule has 0 unspecified atom stereocenters. The van der Waals surface area contributed by atoms with Crippen LogP contribution in [0.25, 0.3) is 5.57 Å². The molecule has 28 heavy (non-hydrogen) atoms. The molecule has 0 aliphatic heterocycles. The first-order chi connectivity index (χ1) is 13.2. The summed E-state index contributed by atoms with van der Waals surface area (Å²) < 4.78 is 10.1. The van der Waals surface area contributed by atoms with Crippen molar-refractivity contribution in [3.63, 3.8) is 0 Å². The van der Waals surface area contributed by atoms with E-state index in [-0.39, 0.29) is 13.2 Å². The van der Waals surface area contributed by atoms with Gasteiger partial charge in [-0.25, -0.2) is 9.59 Å². The summed E-state index contributed by atoms with van der Waals surface area (Å²) in [5.41, 5.74) is 3.96. The van der Waals surface area contributed by atoms with Crippen LogP contribution >= 0.6 is 0 Å². The van der Waals surface area contributed by atoms with Crippen LogP contribution in [0.1, 0.15) is 47.1 Å². The Morgan fingerprint density at radius 2 is 1.57 bits per heavy atom. The normalized spacial score (nSPS) is 10.8. The molecule has 0 saturated carbocycles. The molecule has 0 heterocycles. The molecule has 0 fully saturated rings. The molecule has 0 atom stereocenters. The van der Waals surface area contributed by atoms with Crippen LogP contribution in [0.4, 0.5) is 4.79 Å². The number of benzene rings is 1. The Kier molecular flexibility index (Phi) is 9.49. The standard InChI is InChI=1S/C23H33NO4/c1-8-20(25)27-14-13-24-23(26)28-19-11-9-18(10-12-19)22(17(6)7)21(15(2)3)16(4)5/h8-12,15-17H,1,13-14H2,2-7H3,(H,24,26). The minimum absolute atomic E-state index is 0.0641. The van der Waals surface area contributed by atoms with Gasteiger partial charge in [0, 0.05) is 6.08 Å². The number of hydrogen-bond donors (Lipinski definition) is 1.